The highest BCUT2D eigenvalue weighted by Crippen LogP contribution is 2.48. The van der Waals surface area contributed by atoms with E-state index in [1.165, 1.54) is 47.6 Å². The number of hydrogen-bond donors (Lipinski definition) is 0. The summed E-state index contributed by atoms with van der Waals surface area (Å²) in [7, 11) is 0. The van der Waals surface area contributed by atoms with E-state index in [2.05, 4.69) is 81.4 Å². The van der Waals surface area contributed by atoms with E-state index >= 15 is 0 Å². The van der Waals surface area contributed by atoms with Crippen molar-refractivity contribution in [3.05, 3.63) is 151 Å². The van der Waals surface area contributed by atoms with Crippen molar-refractivity contribution < 1.29 is 0 Å². The number of hydrogen-bond acceptors (Lipinski definition) is 4. The Morgan fingerprint density at radius 2 is 1.06 bits per heavy atom. The SMILES string of the molecule is CCC1(c2ccc(-c3cc(-c4ccc(C#N)cc4)cc(-c4nc(-c5ccccc5)nc(-c5ccccc5)n4)c3)c3ccccc23)C[C@H](C)CC[C@H](C)C1. The lowest BCUT2D eigenvalue weighted by atomic mass is 9.67. The number of nitriles is 1. The summed E-state index contributed by atoms with van der Waals surface area (Å²) in [5.74, 6) is 3.28. The zero-order chi connectivity index (χ0) is 36.4. The molecule has 4 heteroatoms. The molecule has 0 aliphatic heterocycles. The number of nitrogens with zero attached hydrogens (tertiary/aromatic N) is 4. The van der Waals surface area contributed by atoms with Crippen LogP contribution in [-0.2, 0) is 5.41 Å². The lowest BCUT2D eigenvalue weighted by Gasteiger charge is -2.37. The van der Waals surface area contributed by atoms with Crippen LogP contribution in [-0.4, -0.2) is 15.0 Å². The third kappa shape index (κ3) is 6.88. The summed E-state index contributed by atoms with van der Waals surface area (Å²) in [4.78, 5) is 15.2. The number of aromatic nitrogens is 3. The molecule has 4 nitrogen and oxygen atoms in total. The highest BCUT2D eigenvalue weighted by atomic mass is 15.0. The van der Waals surface area contributed by atoms with Crippen LogP contribution in [0.2, 0.25) is 0 Å². The highest BCUT2D eigenvalue weighted by Gasteiger charge is 2.37. The van der Waals surface area contributed by atoms with Crippen LogP contribution in [0.25, 0.3) is 67.2 Å². The summed E-state index contributed by atoms with van der Waals surface area (Å²) >= 11 is 0. The van der Waals surface area contributed by atoms with Gasteiger partial charge < -0.3 is 0 Å². The maximum atomic E-state index is 9.55. The Morgan fingerprint density at radius 3 is 1.62 bits per heavy atom. The zero-order valence-electron chi connectivity index (χ0n) is 30.8. The van der Waals surface area contributed by atoms with Crippen molar-refractivity contribution in [2.75, 3.05) is 0 Å². The predicted octanol–water partition coefficient (Wildman–Crippen LogP) is 12.7. The number of benzene rings is 6. The van der Waals surface area contributed by atoms with Gasteiger partial charge in [0.05, 0.1) is 11.6 Å². The molecule has 260 valence electrons. The average Bonchev–Trinajstić information content (AvgIpc) is 3.38. The van der Waals surface area contributed by atoms with Crippen molar-refractivity contribution in [1.82, 2.24) is 15.0 Å². The Bertz CT molecular complexity index is 2360. The maximum absolute atomic E-state index is 9.55. The van der Waals surface area contributed by atoms with E-state index in [0.29, 0.717) is 34.9 Å². The smallest absolute Gasteiger partial charge is 0.164 e. The van der Waals surface area contributed by atoms with Gasteiger partial charge in [-0.3, -0.25) is 0 Å². The van der Waals surface area contributed by atoms with E-state index in [-0.39, 0.29) is 5.41 Å². The second-order valence-electron chi connectivity index (χ2n) is 15.1. The molecule has 0 saturated heterocycles. The molecule has 8 rings (SSSR count). The molecule has 0 N–H and O–H groups in total. The van der Waals surface area contributed by atoms with Gasteiger partial charge in [-0.05, 0) is 105 Å². The molecule has 0 spiro atoms. The van der Waals surface area contributed by atoms with Crippen LogP contribution in [0.3, 0.4) is 0 Å². The molecule has 0 amide bonds. The lowest BCUT2D eigenvalue weighted by Crippen LogP contribution is -2.28. The molecule has 1 heterocycles. The first kappa shape index (κ1) is 34.2. The number of fused-ring (bicyclic) bond motifs is 1. The summed E-state index contributed by atoms with van der Waals surface area (Å²) in [6.45, 7) is 7.29. The van der Waals surface area contributed by atoms with Gasteiger partial charge in [-0.15, -0.1) is 0 Å². The minimum Gasteiger partial charge on any atom is -0.208 e. The highest BCUT2D eigenvalue weighted by molar-refractivity contribution is 6.00. The Hall–Kier alpha value is -5.92. The molecule has 1 unspecified atom stereocenters. The summed E-state index contributed by atoms with van der Waals surface area (Å²) in [6, 6.07) is 50.8. The van der Waals surface area contributed by atoms with Crippen LogP contribution in [0.5, 0.6) is 0 Å². The van der Waals surface area contributed by atoms with Crippen molar-refractivity contribution in [2.24, 2.45) is 11.8 Å². The standard InChI is InChI=1S/C49H44N4/c1-4-49(30-33(2)19-20-34(3)31-49)45-26-25-42(43-17-11-12-18-44(43)45)40-27-39(36-23-21-35(32-50)22-24-36)28-41(29-40)48-52-46(37-13-7-5-8-14-37)51-47(53-48)38-15-9-6-10-16-38/h5-18,21-29,33-34H,4,19-20,30-31H2,1-3H3/t33-,34+,49?. The zero-order valence-corrected chi connectivity index (χ0v) is 30.8. The van der Waals surface area contributed by atoms with Crippen molar-refractivity contribution >= 4 is 10.8 Å². The summed E-state index contributed by atoms with van der Waals surface area (Å²) in [6.07, 6.45) is 6.19. The van der Waals surface area contributed by atoms with E-state index in [1.54, 1.807) is 0 Å². The van der Waals surface area contributed by atoms with Crippen LogP contribution in [0.1, 0.15) is 64.0 Å². The maximum Gasteiger partial charge on any atom is 0.164 e. The molecule has 1 aliphatic rings. The fourth-order valence-corrected chi connectivity index (χ4v) is 8.66. The molecule has 3 atom stereocenters. The summed E-state index contributed by atoms with van der Waals surface area (Å²) < 4.78 is 0. The van der Waals surface area contributed by atoms with E-state index in [1.807, 2.05) is 84.9 Å². The number of rotatable bonds is 7. The predicted molar refractivity (Wildman–Crippen MR) is 218 cm³/mol. The topological polar surface area (TPSA) is 62.5 Å². The minimum absolute atomic E-state index is 0.148. The van der Waals surface area contributed by atoms with Gasteiger partial charge in [0, 0.05) is 16.7 Å². The van der Waals surface area contributed by atoms with Gasteiger partial charge in [0.15, 0.2) is 17.5 Å². The third-order valence-corrected chi connectivity index (χ3v) is 11.4. The Labute approximate surface area is 313 Å². The molecule has 1 saturated carbocycles. The molecule has 1 aromatic heterocycles. The molecular weight excluding hydrogens is 645 g/mol. The Kier molecular flexibility index (Phi) is 9.42. The first-order valence-electron chi connectivity index (χ1n) is 19.0. The molecule has 6 aromatic carbocycles. The molecule has 1 aliphatic carbocycles. The van der Waals surface area contributed by atoms with Crippen LogP contribution in [0.15, 0.2) is 140 Å². The summed E-state index contributed by atoms with van der Waals surface area (Å²) in [5.41, 5.74) is 9.39. The lowest BCUT2D eigenvalue weighted by molar-refractivity contribution is 0.297. The minimum atomic E-state index is 0.148. The summed E-state index contributed by atoms with van der Waals surface area (Å²) in [5, 5.41) is 12.2. The Balaban J connectivity index is 1.35. The van der Waals surface area contributed by atoms with Crippen LogP contribution < -0.4 is 0 Å². The molecule has 0 radical (unpaired) electrons. The van der Waals surface area contributed by atoms with Gasteiger partial charge in [0.2, 0.25) is 0 Å². The molecule has 0 bridgehead atoms. The van der Waals surface area contributed by atoms with E-state index in [9.17, 15) is 5.26 Å². The van der Waals surface area contributed by atoms with Gasteiger partial charge in [0.25, 0.3) is 0 Å². The van der Waals surface area contributed by atoms with Crippen LogP contribution in [0, 0.1) is 23.2 Å². The van der Waals surface area contributed by atoms with E-state index < -0.39 is 0 Å². The fraction of sp³-hybridized carbons (Fsp3) is 0.224. The normalized spacial score (nSPS) is 18.7. The largest absolute Gasteiger partial charge is 0.208 e. The van der Waals surface area contributed by atoms with E-state index in [4.69, 9.17) is 15.0 Å². The Morgan fingerprint density at radius 1 is 0.547 bits per heavy atom. The first-order valence-corrected chi connectivity index (χ1v) is 19.0. The monoisotopic (exact) mass is 688 g/mol. The average molecular weight is 689 g/mol. The van der Waals surface area contributed by atoms with Crippen LogP contribution in [0.4, 0.5) is 0 Å². The van der Waals surface area contributed by atoms with Crippen molar-refractivity contribution in [1.29, 1.82) is 5.26 Å². The second-order valence-corrected chi connectivity index (χ2v) is 15.1. The van der Waals surface area contributed by atoms with Gasteiger partial charge >= 0.3 is 0 Å². The molecule has 7 aromatic rings. The second kappa shape index (κ2) is 14.6. The van der Waals surface area contributed by atoms with Crippen molar-refractivity contribution in [3.63, 3.8) is 0 Å². The third-order valence-electron chi connectivity index (χ3n) is 11.4. The first-order chi connectivity index (χ1) is 25.9. The van der Waals surface area contributed by atoms with Crippen LogP contribution >= 0.6 is 0 Å². The molecule has 53 heavy (non-hydrogen) atoms. The van der Waals surface area contributed by atoms with Gasteiger partial charge in [0.1, 0.15) is 0 Å². The van der Waals surface area contributed by atoms with Crippen molar-refractivity contribution in [2.45, 2.75) is 58.3 Å². The molecular formula is C49H44N4. The van der Waals surface area contributed by atoms with Crippen molar-refractivity contribution in [3.8, 4) is 62.5 Å². The van der Waals surface area contributed by atoms with Gasteiger partial charge in [-0.1, -0.05) is 143 Å². The quantitative estimate of drug-likeness (QED) is 0.156. The van der Waals surface area contributed by atoms with E-state index in [0.717, 1.165) is 39.8 Å². The van der Waals surface area contributed by atoms with Gasteiger partial charge in [-0.2, -0.15) is 5.26 Å². The fourth-order valence-electron chi connectivity index (χ4n) is 8.66. The molecule has 1 fully saturated rings. The van der Waals surface area contributed by atoms with Gasteiger partial charge in [-0.25, -0.2) is 15.0 Å².